The van der Waals surface area contributed by atoms with E-state index in [2.05, 4.69) is 0 Å². The van der Waals surface area contributed by atoms with Crippen molar-refractivity contribution in [3.05, 3.63) is 0 Å². The second kappa shape index (κ2) is 5.45. The average Bonchev–Trinajstić information content (AvgIpc) is 1.99. The number of ether oxygens (including phenoxy) is 2. The molecular weight excluding hydrogens is 192 g/mol. The van der Waals surface area contributed by atoms with Crippen LogP contribution in [-0.4, -0.2) is 30.2 Å². The lowest BCUT2D eigenvalue weighted by molar-refractivity contribution is -0.150. The summed E-state index contributed by atoms with van der Waals surface area (Å²) in [4.78, 5) is 10.7. The first-order chi connectivity index (χ1) is 5.85. The van der Waals surface area contributed by atoms with Gasteiger partial charge in [-0.25, -0.2) is 0 Å². The lowest BCUT2D eigenvalue weighted by Crippen LogP contribution is -2.28. The van der Waals surface area contributed by atoms with E-state index in [1.807, 2.05) is 20.8 Å². The van der Waals surface area contributed by atoms with Crippen molar-refractivity contribution in [2.75, 3.05) is 12.5 Å². The minimum Gasteiger partial charge on any atom is -0.459 e. The van der Waals surface area contributed by atoms with Crippen molar-refractivity contribution in [2.24, 2.45) is 0 Å². The van der Waals surface area contributed by atoms with Gasteiger partial charge in [-0.3, -0.25) is 4.79 Å². The number of halogens is 1. The molecular formula is C9H17ClO3. The maximum atomic E-state index is 10.7. The minimum atomic E-state index is -0.410. The number of hydrogen-bond donors (Lipinski definition) is 0. The molecule has 0 amide bonds. The summed E-state index contributed by atoms with van der Waals surface area (Å²) < 4.78 is 10.3. The number of alkyl halides is 1. The van der Waals surface area contributed by atoms with Crippen molar-refractivity contribution in [2.45, 2.75) is 39.4 Å². The topological polar surface area (TPSA) is 35.5 Å². The molecule has 0 aromatic carbocycles. The lowest BCUT2D eigenvalue weighted by Gasteiger charge is -2.22. The second-order valence-electron chi connectivity index (χ2n) is 3.86. The quantitative estimate of drug-likeness (QED) is 0.524. The summed E-state index contributed by atoms with van der Waals surface area (Å²) >= 11 is 5.27. The van der Waals surface area contributed by atoms with E-state index >= 15 is 0 Å². The van der Waals surface area contributed by atoms with Crippen LogP contribution in [0.1, 0.15) is 27.7 Å². The highest BCUT2D eigenvalue weighted by Gasteiger charge is 2.14. The zero-order valence-electron chi connectivity index (χ0n) is 8.59. The molecule has 13 heavy (non-hydrogen) atoms. The first-order valence-electron chi connectivity index (χ1n) is 4.24. The van der Waals surface area contributed by atoms with Gasteiger partial charge in [-0.1, -0.05) is 0 Å². The summed E-state index contributed by atoms with van der Waals surface area (Å²) in [5.74, 6) is -0.522. The van der Waals surface area contributed by atoms with E-state index in [1.54, 1.807) is 6.92 Å². The van der Waals surface area contributed by atoms with Crippen molar-refractivity contribution in [3.63, 3.8) is 0 Å². The number of carbonyl (C=O) groups excluding carboxylic acids is 1. The second-order valence-corrected chi connectivity index (χ2v) is 4.12. The fraction of sp³-hybridized carbons (Fsp3) is 0.889. The standard InChI is InChI=1S/C9H17ClO3/c1-7(13-8(11)5-10)6-12-9(2,3)4/h7H,5-6H2,1-4H3/t7-/m0/s1. The molecule has 0 aromatic rings. The number of carbonyl (C=O) groups is 1. The van der Waals surface area contributed by atoms with Gasteiger partial charge in [-0.15, -0.1) is 11.6 Å². The monoisotopic (exact) mass is 208 g/mol. The Morgan fingerprint density at radius 3 is 2.38 bits per heavy atom. The highest BCUT2D eigenvalue weighted by atomic mass is 35.5. The molecule has 0 bridgehead atoms. The van der Waals surface area contributed by atoms with Crippen LogP contribution in [0, 0.1) is 0 Å². The Morgan fingerprint density at radius 1 is 1.46 bits per heavy atom. The zero-order valence-corrected chi connectivity index (χ0v) is 9.35. The number of rotatable bonds is 4. The highest BCUT2D eigenvalue weighted by molar-refractivity contribution is 6.26. The van der Waals surface area contributed by atoms with E-state index in [9.17, 15) is 4.79 Å². The number of esters is 1. The Morgan fingerprint density at radius 2 is 2.00 bits per heavy atom. The van der Waals surface area contributed by atoms with Crippen LogP contribution in [0.25, 0.3) is 0 Å². The number of hydrogen-bond acceptors (Lipinski definition) is 3. The van der Waals surface area contributed by atoms with Crippen molar-refractivity contribution >= 4 is 17.6 Å². The van der Waals surface area contributed by atoms with Gasteiger partial charge in [-0.2, -0.15) is 0 Å². The van der Waals surface area contributed by atoms with E-state index in [4.69, 9.17) is 21.1 Å². The Kier molecular flexibility index (Phi) is 5.33. The summed E-state index contributed by atoms with van der Waals surface area (Å²) in [6.07, 6.45) is -0.245. The molecule has 0 saturated heterocycles. The molecule has 0 aliphatic carbocycles. The SMILES string of the molecule is C[C@@H](COC(C)(C)C)OC(=O)CCl. The van der Waals surface area contributed by atoms with Crippen LogP contribution in [-0.2, 0) is 14.3 Å². The van der Waals surface area contributed by atoms with E-state index in [0.29, 0.717) is 6.61 Å². The molecule has 0 N–H and O–H groups in total. The summed E-state index contributed by atoms with van der Waals surface area (Å²) in [5, 5.41) is 0. The van der Waals surface area contributed by atoms with E-state index in [-0.39, 0.29) is 17.6 Å². The molecule has 0 aromatic heterocycles. The molecule has 0 rings (SSSR count). The van der Waals surface area contributed by atoms with E-state index in [0.717, 1.165) is 0 Å². The Labute approximate surface area is 84.4 Å². The molecule has 0 spiro atoms. The summed E-state index contributed by atoms with van der Waals surface area (Å²) in [5.41, 5.74) is -0.207. The highest BCUT2D eigenvalue weighted by Crippen LogP contribution is 2.08. The van der Waals surface area contributed by atoms with Crippen LogP contribution >= 0.6 is 11.6 Å². The van der Waals surface area contributed by atoms with Crippen LogP contribution < -0.4 is 0 Å². The van der Waals surface area contributed by atoms with Gasteiger partial charge in [0.05, 0.1) is 12.2 Å². The van der Waals surface area contributed by atoms with Gasteiger partial charge in [0.2, 0.25) is 0 Å². The van der Waals surface area contributed by atoms with Crippen LogP contribution in [0.2, 0.25) is 0 Å². The predicted molar refractivity (Wildman–Crippen MR) is 52.0 cm³/mol. The van der Waals surface area contributed by atoms with Gasteiger partial charge in [-0.05, 0) is 27.7 Å². The third-order valence-corrected chi connectivity index (χ3v) is 1.41. The van der Waals surface area contributed by atoms with Crippen LogP contribution in [0.5, 0.6) is 0 Å². The Balaban J connectivity index is 3.63. The molecule has 4 heteroatoms. The van der Waals surface area contributed by atoms with Crippen LogP contribution in [0.15, 0.2) is 0 Å². The summed E-state index contributed by atoms with van der Waals surface area (Å²) in [7, 11) is 0. The third-order valence-electron chi connectivity index (χ3n) is 1.19. The summed E-state index contributed by atoms with van der Waals surface area (Å²) in [6, 6.07) is 0. The van der Waals surface area contributed by atoms with Gasteiger partial charge >= 0.3 is 5.97 Å². The molecule has 0 fully saturated rings. The fourth-order valence-corrected chi connectivity index (χ4v) is 0.720. The lowest BCUT2D eigenvalue weighted by atomic mass is 10.2. The largest absolute Gasteiger partial charge is 0.459 e. The molecule has 0 aliphatic heterocycles. The van der Waals surface area contributed by atoms with Crippen LogP contribution in [0.3, 0.4) is 0 Å². The van der Waals surface area contributed by atoms with Gasteiger partial charge < -0.3 is 9.47 Å². The minimum absolute atomic E-state index is 0.111. The molecule has 0 heterocycles. The smallest absolute Gasteiger partial charge is 0.321 e. The molecule has 0 saturated carbocycles. The summed E-state index contributed by atoms with van der Waals surface area (Å²) in [6.45, 7) is 8.01. The first kappa shape index (κ1) is 12.7. The van der Waals surface area contributed by atoms with Crippen molar-refractivity contribution < 1.29 is 14.3 Å². The molecule has 78 valence electrons. The molecule has 0 radical (unpaired) electrons. The van der Waals surface area contributed by atoms with Gasteiger partial charge in [0.1, 0.15) is 12.0 Å². The average molecular weight is 209 g/mol. The van der Waals surface area contributed by atoms with Crippen molar-refractivity contribution in [1.82, 2.24) is 0 Å². The van der Waals surface area contributed by atoms with Gasteiger partial charge in [0, 0.05) is 0 Å². The third kappa shape index (κ3) is 8.06. The zero-order chi connectivity index (χ0) is 10.5. The van der Waals surface area contributed by atoms with Gasteiger partial charge in [0.25, 0.3) is 0 Å². The molecule has 1 atom stereocenters. The Hall–Kier alpha value is -0.280. The van der Waals surface area contributed by atoms with Crippen molar-refractivity contribution in [1.29, 1.82) is 0 Å². The molecule has 0 aliphatic rings. The first-order valence-corrected chi connectivity index (χ1v) is 4.78. The maximum absolute atomic E-state index is 10.7. The maximum Gasteiger partial charge on any atom is 0.321 e. The van der Waals surface area contributed by atoms with Crippen molar-refractivity contribution in [3.8, 4) is 0 Å². The van der Waals surface area contributed by atoms with Crippen LogP contribution in [0.4, 0.5) is 0 Å². The molecule has 3 nitrogen and oxygen atoms in total. The predicted octanol–water partition coefficient (Wildman–Crippen LogP) is 1.97. The molecule has 0 unspecified atom stereocenters. The van der Waals surface area contributed by atoms with E-state index < -0.39 is 5.97 Å². The van der Waals surface area contributed by atoms with E-state index in [1.165, 1.54) is 0 Å². The normalized spacial score (nSPS) is 13.9. The fourth-order valence-electron chi connectivity index (χ4n) is 0.657. The van der Waals surface area contributed by atoms with Gasteiger partial charge in [0.15, 0.2) is 0 Å². The Bertz CT molecular complexity index is 163.